The molecule has 5 heteroatoms. The van der Waals surface area contributed by atoms with Crippen LogP contribution in [0.25, 0.3) is 0 Å². The number of hydrogen-bond donors (Lipinski definition) is 1. The number of rotatable bonds is 2. The third-order valence-corrected chi connectivity index (χ3v) is 2.56. The molecule has 1 rings (SSSR count). The Bertz CT molecular complexity index is 347. The highest BCUT2D eigenvalue weighted by atomic mass is 79.9. The van der Waals surface area contributed by atoms with Crippen LogP contribution in [-0.2, 0) is 12.6 Å². The van der Waals surface area contributed by atoms with Crippen LogP contribution < -0.4 is 0 Å². The first-order valence-corrected chi connectivity index (χ1v) is 5.13. The lowest BCUT2D eigenvalue weighted by atomic mass is 10.1. The minimum atomic E-state index is -4.37. The summed E-state index contributed by atoms with van der Waals surface area (Å²) in [5, 5.41) is 9.08. The van der Waals surface area contributed by atoms with Crippen LogP contribution in [0.5, 0.6) is 0 Å². The van der Waals surface area contributed by atoms with Crippen LogP contribution in [0.15, 0.2) is 22.7 Å². The Balaban J connectivity index is 3.06. The van der Waals surface area contributed by atoms with Crippen LogP contribution in [0.3, 0.4) is 0 Å². The van der Waals surface area contributed by atoms with E-state index in [2.05, 4.69) is 15.9 Å². The van der Waals surface area contributed by atoms with E-state index in [0.29, 0.717) is 5.56 Å². The van der Waals surface area contributed by atoms with Crippen molar-refractivity contribution in [3.8, 4) is 0 Å². The zero-order valence-electron chi connectivity index (χ0n) is 7.98. The fraction of sp³-hybridized carbons (Fsp3) is 0.400. The van der Waals surface area contributed by atoms with Crippen LogP contribution >= 0.6 is 15.9 Å². The lowest BCUT2D eigenvalue weighted by molar-refractivity contribution is -0.138. The largest absolute Gasteiger partial charge is 0.417 e. The highest BCUT2D eigenvalue weighted by Gasteiger charge is 2.33. The standard InChI is InChI=1S/C10H10BrF3O/c1-6(15)4-7-2-3-9(11)8(5-7)10(12,13)14/h2-3,5-6,15H,4H2,1H3/t6-/m0/s1. The van der Waals surface area contributed by atoms with Crippen LogP contribution in [0.2, 0.25) is 0 Å². The van der Waals surface area contributed by atoms with Gasteiger partial charge in [-0.3, -0.25) is 0 Å². The van der Waals surface area contributed by atoms with Crippen molar-refractivity contribution in [1.29, 1.82) is 0 Å². The zero-order chi connectivity index (χ0) is 11.6. The Labute approximate surface area is 94.0 Å². The van der Waals surface area contributed by atoms with E-state index >= 15 is 0 Å². The molecule has 0 amide bonds. The number of aliphatic hydroxyl groups is 1. The van der Waals surface area contributed by atoms with E-state index in [0.717, 1.165) is 6.07 Å². The average Bonchev–Trinajstić information content (AvgIpc) is 2.05. The van der Waals surface area contributed by atoms with E-state index in [9.17, 15) is 13.2 Å². The number of alkyl halides is 3. The Kier molecular flexibility index (Phi) is 3.78. The predicted molar refractivity (Wildman–Crippen MR) is 54.5 cm³/mol. The van der Waals surface area contributed by atoms with Gasteiger partial charge in [0.05, 0.1) is 11.7 Å². The van der Waals surface area contributed by atoms with E-state index in [1.165, 1.54) is 13.0 Å². The van der Waals surface area contributed by atoms with Gasteiger partial charge in [-0.15, -0.1) is 0 Å². The second kappa shape index (κ2) is 4.53. The maximum Gasteiger partial charge on any atom is 0.417 e. The molecule has 1 aromatic carbocycles. The normalized spacial score (nSPS) is 14.0. The fourth-order valence-corrected chi connectivity index (χ4v) is 1.73. The molecule has 0 fully saturated rings. The second-order valence-electron chi connectivity index (χ2n) is 3.37. The smallest absolute Gasteiger partial charge is 0.393 e. The zero-order valence-corrected chi connectivity index (χ0v) is 9.56. The van der Waals surface area contributed by atoms with Gasteiger partial charge in [0.15, 0.2) is 0 Å². The summed E-state index contributed by atoms with van der Waals surface area (Å²) in [5.41, 5.74) is -0.235. The van der Waals surface area contributed by atoms with Gasteiger partial charge in [0.1, 0.15) is 0 Å². The highest BCUT2D eigenvalue weighted by molar-refractivity contribution is 9.10. The van der Waals surface area contributed by atoms with E-state index in [1.807, 2.05) is 0 Å². The Hall–Kier alpha value is -0.550. The van der Waals surface area contributed by atoms with E-state index < -0.39 is 17.8 Å². The molecule has 1 nitrogen and oxygen atoms in total. The van der Waals surface area contributed by atoms with Crippen LogP contribution in [-0.4, -0.2) is 11.2 Å². The van der Waals surface area contributed by atoms with Crippen LogP contribution in [0.1, 0.15) is 18.1 Å². The molecule has 0 spiro atoms. The molecule has 0 saturated heterocycles. The molecule has 1 aromatic rings. The molecule has 15 heavy (non-hydrogen) atoms. The Morgan fingerprint density at radius 3 is 2.47 bits per heavy atom. The molecule has 0 radical (unpaired) electrons. The van der Waals surface area contributed by atoms with Crippen molar-refractivity contribution >= 4 is 15.9 Å². The molecule has 84 valence electrons. The van der Waals surface area contributed by atoms with Crippen molar-refractivity contribution in [2.75, 3.05) is 0 Å². The lowest BCUT2D eigenvalue weighted by Gasteiger charge is -2.11. The summed E-state index contributed by atoms with van der Waals surface area (Å²) in [5.74, 6) is 0. The average molecular weight is 283 g/mol. The van der Waals surface area contributed by atoms with Gasteiger partial charge in [-0.1, -0.05) is 22.0 Å². The summed E-state index contributed by atoms with van der Waals surface area (Å²) in [6, 6.07) is 3.96. The van der Waals surface area contributed by atoms with Gasteiger partial charge in [0.25, 0.3) is 0 Å². The highest BCUT2D eigenvalue weighted by Crippen LogP contribution is 2.35. The Morgan fingerprint density at radius 1 is 1.40 bits per heavy atom. The van der Waals surface area contributed by atoms with Gasteiger partial charge in [0, 0.05) is 4.47 Å². The van der Waals surface area contributed by atoms with Gasteiger partial charge in [0.2, 0.25) is 0 Å². The molecule has 0 bridgehead atoms. The first kappa shape index (κ1) is 12.5. The van der Waals surface area contributed by atoms with Gasteiger partial charge >= 0.3 is 6.18 Å². The van der Waals surface area contributed by atoms with Gasteiger partial charge < -0.3 is 5.11 Å². The molecule has 0 aliphatic rings. The SMILES string of the molecule is C[C@H](O)Cc1ccc(Br)c(C(F)(F)F)c1. The fourth-order valence-electron chi connectivity index (χ4n) is 1.26. The molecule has 0 unspecified atom stereocenters. The van der Waals surface area contributed by atoms with Gasteiger partial charge in [-0.25, -0.2) is 0 Å². The van der Waals surface area contributed by atoms with Crippen molar-refractivity contribution < 1.29 is 18.3 Å². The number of halogens is 4. The molecule has 1 N–H and O–H groups in total. The topological polar surface area (TPSA) is 20.2 Å². The summed E-state index contributed by atoms with van der Waals surface area (Å²) < 4.78 is 37.4. The first-order valence-electron chi connectivity index (χ1n) is 4.34. The van der Waals surface area contributed by atoms with E-state index in [1.54, 1.807) is 6.07 Å². The maximum atomic E-state index is 12.5. The summed E-state index contributed by atoms with van der Waals surface area (Å²) >= 11 is 2.85. The van der Waals surface area contributed by atoms with E-state index in [4.69, 9.17) is 5.11 Å². The third-order valence-electron chi connectivity index (χ3n) is 1.87. The Morgan fingerprint density at radius 2 is 2.00 bits per heavy atom. The van der Waals surface area contributed by atoms with Crippen molar-refractivity contribution in [3.05, 3.63) is 33.8 Å². The van der Waals surface area contributed by atoms with Gasteiger partial charge in [-0.05, 0) is 31.0 Å². The summed E-state index contributed by atoms with van der Waals surface area (Å²) in [6.07, 6.45) is -4.79. The van der Waals surface area contributed by atoms with Crippen molar-refractivity contribution in [2.24, 2.45) is 0 Å². The minimum Gasteiger partial charge on any atom is -0.393 e. The van der Waals surface area contributed by atoms with Gasteiger partial charge in [-0.2, -0.15) is 13.2 Å². The second-order valence-corrected chi connectivity index (χ2v) is 4.22. The molecule has 0 aliphatic carbocycles. The molecule has 0 saturated carbocycles. The lowest BCUT2D eigenvalue weighted by Crippen LogP contribution is -2.09. The van der Waals surface area contributed by atoms with E-state index in [-0.39, 0.29) is 10.9 Å². The minimum absolute atomic E-state index is 0.0179. The summed E-state index contributed by atoms with van der Waals surface area (Å²) in [7, 11) is 0. The third kappa shape index (κ3) is 3.50. The summed E-state index contributed by atoms with van der Waals surface area (Å²) in [6.45, 7) is 1.54. The molecular weight excluding hydrogens is 273 g/mol. The van der Waals surface area contributed by atoms with Crippen LogP contribution in [0, 0.1) is 0 Å². The van der Waals surface area contributed by atoms with Crippen molar-refractivity contribution in [2.45, 2.75) is 25.6 Å². The monoisotopic (exact) mass is 282 g/mol. The number of hydrogen-bond acceptors (Lipinski definition) is 1. The molecule has 0 aromatic heterocycles. The molecule has 1 atom stereocenters. The van der Waals surface area contributed by atoms with Crippen LogP contribution in [0.4, 0.5) is 13.2 Å². The maximum absolute atomic E-state index is 12.5. The van der Waals surface area contributed by atoms with Crippen molar-refractivity contribution in [1.82, 2.24) is 0 Å². The number of benzene rings is 1. The first-order chi connectivity index (χ1) is 6.80. The van der Waals surface area contributed by atoms with Crippen molar-refractivity contribution in [3.63, 3.8) is 0 Å². The molecule has 0 heterocycles. The summed E-state index contributed by atoms with van der Waals surface area (Å²) in [4.78, 5) is 0. The predicted octanol–water partition coefficient (Wildman–Crippen LogP) is 3.39. The molecular formula is C10H10BrF3O. The quantitative estimate of drug-likeness (QED) is 0.882. The number of aliphatic hydroxyl groups excluding tert-OH is 1. The molecule has 0 aliphatic heterocycles.